The second-order valence-corrected chi connectivity index (χ2v) is 5.92. The number of carbonyl (C=O) groups excluding carboxylic acids is 1. The monoisotopic (exact) mass is 278 g/mol. The highest BCUT2D eigenvalue weighted by Gasteiger charge is 2.30. The second kappa shape index (κ2) is 6.02. The molecule has 0 radical (unpaired) electrons. The van der Waals surface area contributed by atoms with Gasteiger partial charge in [-0.3, -0.25) is 9.69 Å². The number of carbonyl (C=O) groups is 1. The molecule has 0 aromatic heterocycles. The molecule has 1 aliphatic rings. The molecular formula is C16H23FN2O. The van der Waals surface area contributed by atoms with Crippen molar-refractivity contribution in [2.45, 2.75) is 26.3 Å². The van der Waals surface area contributed by atoms with E-state index in [1.807, 2.05) is 38.9 Å². The van der Waals surface area contributed by atoms with Crippen molar-refractivity contribution in [3.8, 4) is 0 Å². The summed E-state index contributed by atoms with van der Waals surface area (Å²) in [6.45, 7) is 6.15. The Morgan fingerprint density at radius 1 is 1.25 bits per heavy atom. The lowest BCUT2D eigenvalue weighted by atomic mass is 9.96. The topological polar surface area (TPSA) is 23.6 Å². The van der Waals surface area contributed by atoms with Gasteiger partial charge in [-0.1, -0.05) is 6.07 Å². The van der Waals surface area contributed by atoms with Gasteiger partial charge in [-0.05, 0) is 64.6 Å². The van der Waals surface area contributed by atoms with Crippen LogP contribution in [0.4, 0.5) is 4.39 Å². The van der Waals surface area contributed by atoms with Crippen molar-refractivity contribution >= 4 is 5.78 Å². The summed E-state index contributed by atoms with van der Waals surface area (Å²) < 4.78 is 14.2. The molecule has 2 rings (SSSR count). The summed E-state index contributed by atoms with van der Waals surface area (Å²) in [5.41, 5.74) is 1.83. The maximum Gasteiger partial charge on any atom is 0.184 e. The normalized spacial score (nSPS) is 21.8. The number of likely N-dealkylation sites (N-methyl/N-ethyl adjacent to an activating group) is 2. The average molecular weight is 278 g/mol. The summed E-state index contributed by atoms with van der Waals surface area (Å²) in [5, 5.41) is 0. The van der Waals surface area contributed by atoms with E-state index in [1.165, 1.54) is 6.07 Å². The summed E-state index contributed by atoms with van der Waals surface area (Å²) in [7, 11) is 3.96. The van der Waals surface area contributed by atoms with Crippen molar-refractivity contribution in [1.82, 2.24) is 9.80 Å². The van der Waals surface area contributed by atoms with Crippen molar-refractivity contribution in [2.24, 2.45) is 0 Å². The van der Waals surface area contributed by atoms with Gasteiger partial charge in [-0.2, -0.15) is 0 Å². The molecule has 4 heteroatoms. The van der Waals surface area contributed by atoms with E-state index in [0.29, 0.717) is 6.54 Å². The van der Waals surface area contributed by atoms with Crippen LogP contribution in [-0.2, 0) is 0 Å². The molecule has 0 bridgehead atoms. The Labute approximate surface area is 120 Å². The highest BCUT2D eigenvalue weighted by Crippen LogP contribution is 2.20. The number of rotatable bonds is 2. The molecule has 110 valence electrons. The summed E-state index contributed by atoms with van der Waals surface area (Å²) in [6.07, 6.45) is 1.03. The van der Waals surface area contributed by atoms with Gasteiger partial charge in [0.15, 0.2) is 5.78 Å². The Bertz CT molecular complexity index is 492. The minimum Gasteiger partial charge on any atom is -0.304 e. The minimum atomic E-state index is -0.396. The predicted octanol–water partition coefficient (Wildman–Crippen LogP) is 2.26. The van der Waals surface area contributed by atoms with Crippen LogP contribution in [0.25, 0.3) is 0 Å². The van der Waals surface area contributed by atoms with Gasteiger partial charge < -0.3 is 4.90 Å². The lowest BCUT2D eigenvalue weighted by Gasteiger charge is -2.26. The molecule has 0 spiro atoms. The van der Waals surface area contributed by atoms with Gasteiger partial charge in [0.2, 0.25) is 0 Å². The minimum absolute atomic E-state index is 0.101. The highest BCUT2D eigenvalue weighted by molar-refractivity contribution is 6.01. The molecule has 1 atom stereocenters. The van der Waals surface area contributed by atoms with Crippen LogP contribution in [0.5, 0.6) is 0 Å². The maximum absolute atomic E-state index is 14.2. The summed E-state index contributed by atoms with van der Waals surface area (Å²) >= 11 is 0. The van der Waals surface area contributed by atoms with Gasteiger partial charge in [-0.15, -0.1) is 0 Å². The van der Waals surface area contributed by atoms with Crippen LogP contribution in [0.15, 0.2) is 12.1 Å². The van der Waals surface area contributed by atoms with Crippen LogP contribution >= 0.6 is 0 Å². The molecule has 20 heavy (non-hydrogen) atoms. The number of benzene rings is 1. The maximum atomic E-state index is 14.2. The lowest BCUT2D eigenvalue weighted by Crippen LogP contribution is -2.44. The van der Waals surface area contributed by atoms with Gasteiger partial charge in [-0.25, -0.2) is 4.39 Å². The molecule has 0 saturated carbocycles. The first-order chi connectivity index (χ1) is 9.40. The summed E-state index contributed by atoms with van der Waals surface area (Å²) in [4.78, 5) is 16.9. The van der Waals surface area contributed by atoms with Crippen LogP contribution in [-0.4, -0.2) is 55.4 Å². The molecule has 1 aromatic rings. The fraction of sp³-hybridized carbons (Fsp3) is 0.562. The number of hydrogen-bond acceptors (Lipinski definition) is 3. The van der Waals surface area contributed by atoms with Gasteiger partial charge in [0.05, 0.1) is 11.6 Å². The van der Waals surface area contributed by atoms with E-state index in [0.717, 1.165) is 30.6 Å². The van der Waals surface area contributed by atoms with E-state index in [-0.39, 0.29) is 17.4 Å². The Morgan fingerprint density at radius 2 is 1.95 bits per heavy atom. The zero-order valence-electron chi connectivity index (χ0n) is 12.7. The SMILES string of the molecule is Cc1cc(C)c(C(=O)C2CN(C)CCCN2C)c(F)c1. The largest absolute Gasteiger partial charge is 0.304 e. The van der Waals surface area contributed by atoms with Crippen molar-refractivity contribution in [2.75, 3.05) is 33.7 Å². The Morgan fingerprint density at radius 3 is 2.60 bits per heavy atom. The zero-order valence-corrected chi connectivity index (χ0v) is 12.7. The van der Waals surface area contributed by atoms with E-state index in [4.69, 9.17) is 0 Å². The fourth-order valence-corrected chi connectivity index (χ4v) is 2.95. The molecule has 3 nitrogen and oxygen atoms in total. The van der Waals surface area contributed by atoms with Crippen LogP contribution in [0.3, 0.4) is 0 Å². The molecule has 1 fully saturated rings. The quantitative estimate of drug-likeness (QED) is 0.775. The van der Waals surface area contributed by atoms with Crippen LogP contribution < -0.4 is 0 Å². The zero-order chi connectivity index (χ0) is 14.9. The van der Waals surface area contributed by atoms with Crippen LogP contribution in [0, 0.1) is 19.7 Å². The van der Waals surface area contributed by atoms with Gasteiger partial charge >= 0.3 is 0 Å². The Kier molecular flexibility index (Phi) is 4.55. The fourth-order valence-electron chi connectivity index (χ4n) is 2.95. The van der Waals surface area contributed by atoms with E-state index >= 15 is 0 Å². The molecule has 1 saturated heterocycles. The van der Waals surface area contributed by atoms with Crippen molar-refractivity contribution < 1.29 is 9.18 Å². The smallest absolute Gasteiger partial charge is 0.184 e. The molecule has 0 amide bonds. The van der Waals surface area contributed by atoms with E-state index in [9.17, 15) is 9.18 Å². The molecule has 1 heterocycles. The first-order valence-corrected chi connectivity index (χ1v) is 7.10. The number of aryl methyl sites for hydroxylation is 2. The summed E-state index contributed by atoms with van der Waals surface area (Å²) in [5.74, 6) is -0.496. The third-order valence-corrected chi connectivity index (χ3v) is 4.05. The molecule has 1 aliphatic heterocycles. The van der Waals surface area contributed by atoms with Crippen molar-refractivity contribution in [1.29, 1.82) is 0 Å². The molecule has 0 aliphatic carbocycles. The number of nitrogens with zero attached hydrogens (tertiary/aromatic N) is 2. The van der Waals surface area contributed by atoms with Crippen LogP contribution in [0.1, 0.15) is 27.9 Å². The molecular weight excluding hydrogens is 255 g/mol. The Balaban J connectivity index is 2.34. The van der Waals surface area contributed by atoms with Gasteiger partial charge in [0, 0.05) is 6.54 Å². The van der Waals surface area contributed by atoms with Crippen molar-refractivity contribution in [3.63, 3.8) is 0 Å². The van der Waals surface area contributed by atoms with E-state index in [1.54, 1.807) is 0 Å². The van der Waals surface area contributed by atoms with Crippen LogP contribution in [0.2, 0.25) is 0 Å². The predicted molar refractivity (Wildman–Crippen MR) is 78.7 cm³/mol. The van der Waals surface area contributed by atoms with E-state index in [2.05, 4.69) is 4.90 Å². The average Bonchev–Trinajstić information content (AvgIpc) is 2.49. The standard InChI is InChI=1S/C16H23FN2O/c1-11-8-12(2)15(13(17)9-11)16(20)14-10-18(3)6-5-7-19(14)4/h8-9,14H,5-7,10H2,1-4H3. The second-order valence-electron chi connectivity index (χ2n) is 5.92. The third kappa shape index (κ3) is 3.07. The van der Waals surface area contributed by atoms with Gasteiger partial charge in [0.1, 0.15) is 5.82 Å². The summed E-state index contributed by atoms with van der Waals surface area (Å²) in [6, 6.07) is 3.05. The van der Waals surface area contributed by atoms with Gasteiger partial charge in [0.25, 0.3) is 0 Å². The number of ketones is 1. The first-order valence-electron chi connectivity index (χ1n) is 7.10. The molecule has 1 unspecified atom stereocenters. The highest BCUT2D eigenvalue weighted by atomic mass is 19.1. The number of Topliss-reactive ketones (excluding diaryl/α,β-unsaturated/α-hetero) is 1. The van der Waals surface area contributed by atoms with Crippen molar-refractivity contribution in [3.05, 3.63) is 34.6 Å². The lowest BCUT2D eigenvalue weighted by molar-refractivity contribution is 0.0834. The molecule has 0 N–H and O–H groups in total. The number of hydrogen-bond donors (Lipinski definition) is 0. The van der Waals surface area contributed by atoms with E-state index < -0.39 is 5.82 Å². The number of halogens is 1. The Hall–Kier alpha value is -1.26. The first kappa shape index (κ1) is 15.1. The third-order valence-electron chi connectivity index (χ3n) is 4.05. The molecule has 1 aromatic carbocycles.